The van der Waals surface area contributed by atoms with Crippen molar-refractivity contribution < 1.29 is 0 Å². The van der Waals surface area contributed by atoms with Crippen molar-refractivity contribution in [2.45, 2.75) is 31.6 Å². The fourth-order valence-corrected chi connectivity index (χ4v) is 2.93. The van der Waals surface area contributed by atoms with Crippen molar-refractivity contribution in [2.75, 3.05) is 20.6 Å². The van der Waals surface area contributed by atoms with Gasteiger partial charge < -0.3 is 4.90 Å². The number of rotatable bonds is 3. The molecule has 0 saturated heterocycles. The second-order valence-corrected chi connectivity index (χ2v) is 5.20. The molecule has 88 valence electrons. The highest BCUT2D eigenvalue weighted by molar-refractivity contribution is 5.16. The summed E-state index contributed by atoms with van der Waals surface area (Å²) in [5.74, 6) is 1.54. The van der Waals surface area contributed by atoms with Gasteiger partial charge in [0, 0.05) is 18.9 Å². The highest BCUT2D eigenvalue weighted by atomic mass is 15.1. The van der Waals surface area contributed by atoms with Crippen molar-refractivity contribution >= 4 is 0 Å². The van der Waals surface area contributed by atoms with Crippen LogP contribution in [0.2, 0.25) is 0 Å². The third kappa shape index (κ3) is 2.82. The summed E-state index contributed by atoms with van der Waals surface area (Å²) >= 11 is 0. The van der Waals surface area contributed by atoms with Crippen LogP contribution in [0.15, 0.2) is 24.5 Å². The highest BCUT2D eigenvalue weighted by Crippen LogP contribution is 2.37. The first-order valence-corrected chi connectivity index (χ1v) is 6.32. The molecule has 0 bridgehead atoms. The third-order valence-electron chi connectivity index (χ3n) is 3.62. The van der Waals surface area contributed by atoms with E-state index in [2.05, 4.69) is 42.3 Å². The molecule has 1 aromatic rings. The molecule has 1 aromatic heterocycles. The molecular formula is C14H22N2. The average molecular weight is 218 g/mol. The Bertz CT molecular complexity index is 308. The minimum Gasteiger partial charge on any atom is -0.309 e. The molecule has 1 heterocycles. The summed E-state index contributed by atoms with van der Waals surface area (Å²) in [6, 6.07) is 4.31. The molecule has 1 aliphatic rings. The SMILES string of the molecule is CN(C)C[C@@H]1CCCC[C@H]1c1cccnc1. The zero-order valence-corrected chi connectivity index (χ0v) is 10.4. The summed E-state index contributed by atoms with van der Waals surface area (Å²) in [4.78, 5) is 6.58. The standard InChI is InChI=1S/C14H22N2/c1-16(2)11-13-6-3-4-8-14(13)12-7-5-9-15-10-12/h5,7,9-10,13-14H,3-4,6,8,11H2,1-2H3/t13-,14-/m0/s1. The van der Waals surface area contributed by atoms with Gasteiger partial charge in [-0.2, -0.15) is 0 Å². The van der Waals surface area contributed by atoms with Crippen LogP contribution in [0.1, 0.15) is 37.2 Å². The van der Waals surface area contributed by atoms with Crippen LogP contribution in [-0.2, 0) is 0 Å². The monoisotopic (exact) mass is 218 g/mol. The van der Waals surface area contributed by atoms with E-state index in [1.807, 2.05) is 6.20 Å². The van der Waals surface area contributed by atoms with Crippen LogP contribution in [0, 0.1) is 5.92 Å². The molecule has 2 atom stereocenters. The molecule has 0 unspecified atom stereocenters. The molecule has 0 radical (unpaired) electrons. The molecule has 1 fully saturated rings. The van der Waals surface area contributed by atoms with Crippen molar-refractivity contribution in [1.29, 1.82) is 0 Å². The molecule has 0 N–H and O–H groups in total. The summed E-state index contributed by atoms with van der Waals surface area (Å²) in [7, 11) is 4.35. The Balaban J connectivity index is 2.10. The van der Waals surface area contributed by atoms with Crippen LogP contribution in [0.4, 0.5) is 0 Å². The van der Waals surface area contributed by atoms with Gasteiger partial charge in [0.2, 0.25) is 0 Å². The van der Waals surface area contributed by atoms with Crippen molar-refractivity contribution in [2.24, 2.45) is 5.92 Å². The van der Waals surface area contributed by atoms with Crippen molar-refractivity contribution in [3.8, 4) is 0 Å². The lowest BCUT2D eigenvalue weighted by Gasteiger charge is -2.33. The van der Waals surface area contributed by atoms with Crippen molar-refractivity contribution in [1.82, 2.24) is 9.88 Å². The van der Waals surface area contributed by atoms with Crippen LogP contribution in [0.25, 0.3) is 0 Å². The van der Waals surface area contributed by atoms with Gasteiger partial charge in [-0.3, -0.25) is 4.98 Å². The maximum absolute atomic E-state index is 4.26. The predicted molar refractivity (Wildman–Crippen MR) is 67.5 cm³/mol. The molecule has 2 nitrogen and oxygen atoms in total. The number of aromatic nitrogens is 1. The Hall–Kier alpha value is -0.890. The summed E-state index contributed by atoms with van der Waals surface area (Å²) in [5.41, 5.74) is 1.44. The zero-order valence-electron chi connectivity index (χ0n) is 10.4. The van der Waals surface area contributed by atoms with Gasteiger partial charge in [0.15, 0.2) is 0 Å². The van der Waals surface area contributed by atoms with Crippen LogP contribution in [0.3, 0.4) is 0 Å². The molecule has 0 aliphatic heterocycles. The predicted octanol–water partition coefficient (Wildman–Crippen LogP) is 2.92. The van der Waals surface area contributed by atoms with Gasteiger partial charge in [-0.25, -0.2) is 0 Å². The lowest BCUT2D eigenvalue weighted by atomic mass is 9.76. The summed E-state index contributed by atoms with van der Waals surface area (Å²) < 4.78 is 0. The van der Waals surface area contributed by atoms with E-state index in [-0.39, 0.29) is 0 Å². The van der Waals surface area contributed by atoms with Gasteiger partial charge in [-0.05, 0) is 50.4 Å². The molecule has 16 heavy (non-hydrogen) atoms. The topological polar surface area (TPSA) is 16.1 Å². The largest absolute Gasteiger partial charge is 0.309 e. The van der Waals surface area contributed by atoms with Crippen molar-refractivity contribution in [3.63, 3.8) is 0 Å². The van der Waals surface area contributed by atoms with E-state index in [1.165, 1.54) is 37.8 Å². The summed E-state index contributed by atoms with van der Waals surface area (Å²) in [6.45, 7) is 1.21. The number of hydrogen-bond acceptors (Lipinski definition) is 2. The lowest BCUT2D eigenvalue weighted by Crippen LogP contribution is -2.28. The molecule has 0 amide bonds. The number of pyridine rings is 1. The second-order valence-electron chi connectivity index (χ2n) is 5.20. The third-order valence-corrected chi connectivity index (χ3v) is 3.62. The maximum atomic E-state index is 4.26. The fourth-order valence-electron chi connectivity index (χ4n) is 2.93. The van der Waals surface area contributed by atoms with Crippen LogP contribution in [-0.4, -0.2) is 30.5 Å². The maximum Gasteiger partial charge on any atom is 0.0302 e. The van der Waals surface area contributed by atoms with E-state index in [0.29, 0.717) is 0 Å². The van der Waals surface area contributed by atoms with E-state index in [4.69, 9.17) is 0 Å². The minimum atomic E-state index is 0.727. The number of nitrogens with zero attached hydrogens (tertiary/aromatic N) is 2. The average Bonchev–Trinajstić information content (AvgIpc) is 2.30. The lowest BCUT2D eigenvalue weighted by molar-refractivity contribution is 0.233. The minimum absolute atomic E-state index is 0.727. The van der Waals surface area contributed by atoms with Gasteiger partial charge in [0.1, 0.15) is 0 Å². The van der Waals surface area contributed by atoms with Gasteiger partial charge in [-0.1, -0.05) is 18.9 Å². The quantitative estimate of drug-likeness (QED) is 0.775. The van der Waals surface area contributed by atoms with E-state index in [9.17, 15) is 0 Å². The van der Waals surface area contributed by atoms with E-state index < -0.39 is 0 Å². The Kier molecular flexibility index (Phi) is 3.94. The van der Waals surface area contributed by atoms with Gasteiger partial charge in [0.25, 0.3) is 0 Å². The molecule has 1 aliphatic carbocycles. The Morgan fingerprint density at radius 3 is 2.81 bits per heavy atom. The molecular weight excluding hydrogens is 196 g/mol. The molecule has 1 saturated carbocycles. The Morgan fingerprint density at radius 1 is 1.31 bits per heavy atom. The van der Waals surface area contributed by atoms with Gasteiger partial charge in [0.05, 0.1) is 0 Å². The Morgan fingerprint density at radius 2 is 2.12 bits per heavy atom. The van der Waals surface area contributed by atoms with E-state index in [1.54, 1.807) is 0 Å². The van der Waals surface area contributed by atoms with Gasteiger partial charge >= 0.3 is 0 Å². The Labute approximate surface area is 98.7 Å². The van der Waals surface area contributed by atoms with E-state index >= 15 is 0 Å². The summed E-state index contributed by atoms with van der Waals surface area (Å²) in [6.07, 6.45) is 9.41. The fraction of sp³-hybridized carbons (Fsp3) is 0.643. The van der Waals surface area contributed by atoms with Crippen LogP contribution >= 0.6 is 0 Å². The first-order chi connectivity index (χ1) is 7.77. The smallest absolute Gasteiger partial charge is 0.0302 e. The zero-order chi connectivity index (χ0) is 11.4. The van der Waals surface area contributed by atoms with Crippen LogP contribution < -0.4 is 0 Å². The van der Waals surface area contributed by atoms with Crippen molar-refractivity contribution in [3.05, 3.63) is 30.1 Å². The van der Waals surface area contributed by atoms with Crippen LogP contribution in [0.5, 0.6) is 0 Å². The number of hydrogen-bond donors (Lipinski definition) is 0. The first-order valence-electron chi connectivity index (χ1n) is 6.32. The highest BCUT2D eigenvalue weighted by Gasteiger charge is 2.26. The summed E-state index contributed by atoms with van der Waals surface area (Å²) in [5, 5.41) is 0. The van der Waals surface area contributed by atoms with E-state index in [0.717, 1.165) is 11.8 Å². The molecule has 0 spiro atoms. The second kappa shape index (κ2) is 5.44. The molecule has 2 heteroatoms. The first kappa shape index (κ1) is 11.6. The molecule has 2 rings (SSSR count). The normalized spacial score (nSPS) is 25.9. The van der Waals surface area contributed by atoms with Gasteiger partial charge in [-0.15, -0.1) is 0 Å². The molecule has 0 aromatic carbocycles.